The van der Waals surface area contributed by atoms with E-state index in [1.54, 1.807) is 6.92 Å². The Morgan fingerprint density at radius 2 is 2.25 bits per heavy atom. The number of rotatable bonds is 6. The quantitative estimate of drug-likeness (QED) is 0.726. The number of aromatic nitrogens is 2. The number of amides is 1. The van der Waals surface area contributed by atoms with Gasteiger partial charge in [-0.15, -0.1) is 0 Å². The molecule has 1 aromatic rings. The van der Waals surface area contributed by atoms with Gasteiger partial charge in [-0.25, -0.2) is 4.79 Å². The average Bonchev–Trinajstić information content (AvgIpc) is 2.35. The molecule has 0 radical (unpaired) electrons. The van der Waals surface area contributed by atoms with Crippen molar-refractivity contribution in [2.45, 2.75) is 45.4 Å². The predicted molar refractivity (Wildman–Crippen MR) is 77.7 cm³/mol. The third-order valence-electron chi connectivity index (χ3n) is 4.06. The first-order valence-corrected chi connectivity index (χ1v) is 7.19. The summed E-state index contributed by atoms with van der Waals surface area (Å²) in [5.41, 5.74) is 6.35. The SMILES string of the molecule is CCc1c(NCC2CCC2)nc(=O)[nH]c1C(C)C(N)=O. The normalized spacial score (nSPS) is 16.5. The molecule has 1 aliphatic rings. The van der Waals surface area contributed by atoms with E-state index in [9.17, 15) is 9.59 Å². The predicted octanol–water partition coefficient (Wildman–Crippen LogP) is 1.13. The van der Waals surface area contributed by atoms with Crippen LogP contribution in [0.15, 0.2) is 4.79 Å². The van der Waals surface area contributed by atoms with Crippen LogP contribution in [0.5, 0.6) is 0 Å². The van der Waals surface area contributed by atoms with Crippen LogP contribution < -0.4 is 16.7 Å². The van der Waals surface area contributed by atoms with Crippen molar-refractivity contribution in [3.05, 3.63) is 21.7 Å². The maximum atomic E-state index is 11.7. The number of nitrogens with zero attached hydrogens (tertiary/aromatic N) is 1. The molecule has 0 bridgehead atoms. The molecule has 1 fully saturated rings. The molecule has 1 aromatic heterocycles. The minimum absolute atomic E-state index is 0.443. The van der Waals surface area contributed by atoms with Crippen molar-refractivity contribution in [2.24, 2.45) is 11.7 Å². The fourth-order valence-corrected chi connectivity index (χ4v) is 2.47. The molecule has 0 spiro atoms. The summed E-state index contributed by atoms with van der Waals surface area (Å²) in [5, 5.41) is 3.26. The van der Waals surface area contributed by atoms with E-state index in [4.69, 9.17) is 5.73 Å². The molecular formula is C14H22N4O2. The van der Waals surface area contributed by atoms with Crippen molar-refractivity contribution < 1.29 is 4.79 Å². The summed E-state index contributed by atoms with van der Waals surface area (Å²) in [6.07, 6.45) is 4.41. The van der Waals surface area contributed by atoms with Crippen molar-refractivity contribution in [3.63, 3.8) is 0 Å². The molecule has 6 nitrogen and oxygen atoms in total. The molecule has 0 saturated heterocycles. The van der Waals surface area contributed by atoms with Crippen molar-refractivity contribution in [3.8, 4) is 0 Å². The van der Waals surface area contributed by atoms with Crippen molar-refractivity contribution in [1.82, 2.24) is 9.97 Å². The molecule has 1 aliphatic carbocycles. The number of carbonyl (C=O) groups is 1. The molecule has 0 aliphatic heterocycles. The molecule has 1 atom stereocenters. The van der Waals surface area contributed by atoms with Crippen LogP contribution in [0.4, 0.5) is 5.82 Å². The van der Waals surface area contributed by atoms with Gasteiger partial charge in [-0.05, 0) is 32.1 Å². The lowest BCUT2D eigenvalue weighted by atomic mass is 9.85. The summed E-state index contributed by atoms with van der Waals surface area (Å²) in [7, 11) is 0. The highest BCUT2D eigenvalue weighted by Crippen LogP contribution is 2.27. The maximum absolute atomic E-state index is 11.7. The van der Waals surface area contributed by atoms with Gasteiger partial charge in [-0.3, -0.25) is 4.79 Å². The first kappa shape index (κ1) is 14.6. The van der Waals surface area contributed by atoms with E-state index in [2.05, 4.69) is 15.3 Å². The molecule has 1 amide bonds. The van der Waals surface area contributed by atoms with Crippen LogP contribution in [0.1, 0.15) is 50.3 Å². The van der Waals surface area contributed by atoms with Gasteiger partial charge in [0.25, 0.3) is 0 Å². The lowest BCUT2D eigenvalue weighted by Gasteiger charge is -2.26. The highest BCUT2D eigenvalue weighted by atomic mass is 16.1. The molecular weight excluding hydrogens is 256 g/mol. The smallest absolute Gasteiger partial charge is 0.347 e. The largest absolute Gasteiger partial charge is 0.369 e. The molecule has 1 saturated carbocycles. The summed E-state index contributed by atoms with van der Waals surface area (Å²) in [5.74, 6) is 0.278. The Labute approximate surface area is 118 Å². The zero-order valence-corrected chi connectivity index (χ0v) is 12.0. The van der Waals surface area contributed by atoms with Crippen LogP contribution >= 0.6 is 0 Å². The van der Waals surface area contributed by atoms with Crippen LogP contribution in [0, 0.1) is 5.92 Å². The van der Waals surface area contributed by atoms with Crippen LogP contribution in [0.3, 0.4) is 0 Å². The van der Waals surface area contributed by atoms with E-state index in [-0.39, 0.29) is 0 Å². The topological polar surface area (TPSA) is 101 Å². The monoisotopic (exact) mass is 278 g/mol. The lowest BCUT2D eigenvalue weighted by Crippen LogP contribution is -2.28. The van der Waals surface area contributed by atoms with Gasteiger partial charge >= 0.3 is 5.69 Å². The lowest BCUT2D eigenvalue weighted by molar-refractivity contribution is -0.119. The second-order valence-corrected chi connectivity index (χ2v) is 5.44. The van der Waals surface area contributed by atoms with Crippen LogP contribution in [0.25, 0.3) is 0 Å². The highest BCUT2D eigenvalue weighted by Gasteiger charge is 2.22. The van der Waals surface area contributed by atoms with Crippen LogP contribution in [-0.2, 0) is 11.2 Å². The Kier molecular flexibility index (Phi) is 4.42. The highest BCUT2D eigenvalue weighted by molar-refractivity contribution is 5.81. The van der Waals surface area contributed by atoms with Crippen molar-refractivity contribution in [2.75, 3.05) is 11.9 Å². The van der Waals surface area contributed by atoms with Gasteiger partial charge in [0.15, 0.2) is 0 Å². The molecule has 2 rings (SSSR count). The number of hydrogen-bond acceptors (Lipinski definition) is 4. The number of carbonyl (C=O) groups excluding carboxylic acids is 1. The van der Waals surface area contributed by atoms with Crippen LogP contribution in [0.2, 0.25) is 0 Å². The molecule has 1 unspecified atom stereocenters. The Morgan fingerprint density at radius 3 is 2.75 bits per heavy atom. The molecule has 0 aromatic carbocycles. The number of nitrogens with one attached hydrogen (secondary N) is 2. The number of anilines is 1. The van der Waals surface area contributed by atoms with Gasteiger partial charge < -0.3 is 16.0 Å². The first-order valence-electron chi connectivity index (χ1n) is 7.19. The number of hydrogen-bond donors (Lipinski definition) is 3. The van der Waals surface area contributed by atoms with Gasteiger partial charge in [0.05, 0.1) is 5.92 Å². The zero-order valence-electron chi connectivity index (χ0n) is 12.0. The van der Waals surface area contributed by atoms with E-state index in [1.165, 1.54) is 19.3 Å². The minimum atomic E-state index is -0.523. The second kappa shape index (κ2) is 6.07. The Balaban J connectivity index is 2.29. The molecule has 1 heterocycles. The van der Waals surface area contributed by atoms with Gasteiger partial charge in [0.2, 0.25) is 5.91 Å². The fourth-order valence-electron chi connectivity index (χ4n) is 2.47. The summed E-state index contributed by atoms with van der Waals surface area (Å²) < 4.78 is 0. The molecule has 110 valence electrons. The fraction of sp³-hybridized carbons (Fsp3) is 0.643. The van der Waals surface area contributed by atoms with Crippen LogP contribution in [-0.4, -0.2) is 22.4 Å². The summed E-state index contributed by atoms with van der Waals surface area (Å²) in [4.78, 5) is 29.7. The van der Waals surface area contributed by atoms with Gasteiger partial charge in [-0.2, -0.15) is 4.98 Å². The van der Waals surface area contributed by atoms with E-state index in [0.717, 1.165) is 12.1 Å². The Bertz CT molecular complexity index is 549. The minimum Gasteiger partial charge on any atom is -0.369 e. The third-order valence-corrected chi connectivity index (χ3v) is 4.06. The summed E-state index contributed by atoms with van der Waals surface area (Å²) >= 11 is 0. The number of primary amides is 1. The van der Waals surface area contributed by atoms with Gasteiger partial charge in [0.1, 0.15) is 5.82 Å². The average molecular weight is 278 g/mol. The third kappa shape index (κ3) is 3.00. The Hall–Kier alpha value is -1.85. The molecule has 6 heteroatoms. The van der Waals surface area contributed by atoms with E-state index < -0.39 is 17.5 Å². The first-order chi connectivity index (χ1) is 9.52. The van der Waals surface area contributed by atoms with Crippen molar-refractivity contribution >= 4 is 11.7 Å². The number of aromatic amines is 1. The molecule has 20 heavy (non-hydrogen) atoms. The maximum Gasteiger partial charge on any atom is 0.347 e. The second-order valence-electron chi connectivity index (χ2n) is 5.44. The van der Waals surface area contributed by atoms with Gasteiger partial charge in [0, 0.05) is 17.8 Å². The summed E-state index contributed by atoms with van der Waals surface area (Å²) in [6.45, 7) is 4.50. The zero-order chi connectivity index (χ0) is 14.7. The Morgan fingerprint density at radius 1 is 1.55 bits per heavy atom. The van der Waals surface area contributed by atoms with Gasteiger partial charge in [-0.1, -0.05) is 13.3 Å². The van der Waals surface area contributed by atoms with E-state index in [1.807, 2.05) is 6.92 Å². The van der Waals surface area contributed by atoms with Crippen molar-refractivity contribution in [1.29, 1.82) is 0 Å². The van der Waals surface area contributed by atoms with E-state index in [0.29, 0.717) is 23.9 Å². The number of nitrogens with two attached hydrogens (primary N) is 1. The molecule has 4 N–H and O–H groups in total. The number of H-pyrrole nitrogens is 1. The standard InChI is InChI=1S/C14H22N4O2/c1-3-10-11(8(2)12(15)19)17-14(20)18-13(10)16-7-9-5-4-6-9/h8-9H,3-7H2,1-2H3,(H2,15,19)(H2,16,17,18,20). The van der Waals surface area contributed by atoms with E-state index >= 15 is 0 Å². The summed E-state index contributed by atoms with van der Waals surface area (Å²) in [6, 6.07) is 0.